The predicted molar refractivity (Wildman–Crippen MR) is 120 cm³/mol. The number of carbonyl (C=O) groups excluding carboxylic acids is 1. The third-order valence-electron chi connectivity index (χ3n) is 5.82. The molecule has 1 saturated heterocycles. The SMILES string of the molecule is N#Cc1cccc(C(c2ccccc2)N2CCN(C(=O)c3cncc(N)c3)C[C@H]2C(F)F)c1. The number of aromatic nitrogens is 1. The van der Waals surface area contributed by atoms with E-state index in [2.05, 4.69) is 11.1 Å². The van der Waals surface area contributed by atoms with Crippen LogP contribution in [0.2, 0.25) is 0 Å². The van der Waals surface area contributed by atoms with Gasteiger partial charge < -0.3 is 10.6 Å². The Morgan fingerprint density at radius 1 is 1.06 bits per heavy atom. The summed E-state index contributed by atoms with van der Waals surface area (Å²) in [6.45, 7) is 0.386. The first-order valence-corrected chi connectivity index (χ1v) is 10.6. The highest BCUT2D eigenvalue weighted by atomic mass is 19.3. The van der Waals surface area contributed by atoms with Gasteiger partial charge >= 0.3 is 0 Å². The van der Waals surface area contributed by atoms with Gasteiger partial charge in [0.05, 0.1) is 35.0 Å². The molecule has 1 amide bonds. The van der Waals surface area contributed by atoms with Gasteiger partial charge in [0.2, 0.25) is 0 Å². The summed E-state index contributed by atoms with van der Waals surface area (Å²) in [5.74, 6) is -0.372. The summed E-state index contributed by atoms with van der Waals surface area (Å²) in [5.41, 5.74) is 8.41. The van der Waals surface area contributed by atoms with Gasteiger partial charge in [-0.3, -0.25) is 14.7 Å². The molecule has 2 atom stereocenters. The Kier molecular flexibility index (Phi) is 6.61. The number of piperazine rings is 1. The van der Waals surface area contributed by atoms with Crippen LogP contribution in [-0.2, 0) is 0 Å². The van der Waals surface area contributed by atoms with Crippen LogP contribution >= 0.6 is 0 Å². The molecule has 168 valence electrons. The number of nitriles is 1. The third kappa shape index (κ3) is 4.83. The normalized spacial score (nSPS) is 17.5. The van der Waals surface area contributed by atoms with E-state index in [1.807, 2.05) is 36.4 Å². The number of rotatable bonds is 5. The van der Waals surface area contributed by atoms with Gasteiger partial charge in [-0.1, -0.05) is 42.5 Å². The second-order valence-electron chi connectivity index (χ2n) is 7.95. The van der Waals surface area contributed by atoms with E-state index in [1.54, 1.807) is 23.1 Å². The molecule has 1 fully saturated rings. The lowest BCUT2D eigenvalue weighted by Crippen LogP contribution is -2.58. The van der Waals surface area contributed by atoms with Crippen molar-refractivity contribution < 1.29 is 13.6 Å². The van der Waals surface area contributed by atoms with Crippen molar-refractivity contribution in [2.24, 2.45) is 0 Å². The molecule has 0 bridgehead atoms. The van der Waals surface area contributed by atoms with Gasteiger partial charge in [-0.25, -0.2) is 8.78 Å². The first-order chi connectivity index (χ1) is 16.0. The van der Waals surface area contributed by atoms with Gasteiger partial charge in [0.25, 0.3) is 12.3 Å². The van der Waals surface area contributed by atoms with Gasteiger partial charge in [-0.05, 0) is 29.3 Å². The molecule has 1 aromatic heterocycles. The minimum absolute atomic E-state index is 0.132. The van der Waals surface area contributed by atoms with Crippen LogP contribution in [0.5, 0.6) is 0 Å². The molecule has 33 heavy (non-hydrogen) atoms. The van der Waals surface area contributed by atoms with Crippen LogP contribution in [0.15, 0.2) is 73.1 Å². The summed E-state index contributed by atoms with van der Waals surface area (Å²) in [5, 5.41) is 9.35. The summed E-state index contributed by atoms with van der Waals surface area (Å²) in [6, 6.07) is 18.3. The van der Waals surface area contributed by atoms with Crippen molar-refractivity contribution in [2.45, 2.75) is 18.5 Å². The topological polar surface area (TPSA) is 86.2 Å². The molecule has 1 aliphatic heterocycles. The van der Waals surface area contributed by atoms with E-state index in [0.29, 0.717) is 11.3 Å². The number of nitrogen functional groups attached to an aromatic ring is 1. The fraction of sp³-hybridized carbons (Fsp3) is 0.240. The molecule has 0 spiro atoms. The Bertz CT molecular complexity index is 1160. The number of pyridine rings is 1. The molecule has 2 heterocycles. The minimum Gasteiger partial charge on any atom is -0.397 e. The summed E-state index contributed by atoms with van der Waals surface area (Å²) >= 11 is 0. The lowest BCUT2D eigenvalue weighted by atomic mass is 9.93. The molecule has 8 heteroatoms. The Morgan fingerprint density at radius 3 is 2.52 bits per heavy atom. The Balaban J connectivity index is 1.68. The van der Waals surface area contributed by atoms with Crippen molar-refractivity contribution >= 4 is 11.6 Å². The number of carbonyl (C=O) groups is 1. The first-order valence-electron chi connectivity index (χ1n) is 10.6. The van der Waals surface area contributed by atoms with Crippen LogP contribution in [0, 0.1) is 11.3 Å². The van der Waals surface area contributed by atoms with E-state index in [9.17, 15) is 18.8 Å². The summed E-state index contributed by atoms with van der Waals surface area (Å²) in [7, 11) is 0. The van der Waals surface area contributed by atoms with E-state index < -0.39 is 18.5 Å². The number of hydrogen-bond acceptors (Lipinski definition) is 5. The highest BCUT2D eigenvalue weighted by Gasteiger charge is 2.40. The zero-order valence-electron chi connectivity index (χ0n) is 17.8. The number of anilines is 1. The van der Waals surface area contributed by atoms with E-state index in [4.69, 9.17) is 5.73 Å². The van der Waals surface area contributed by atoms with E-state index in [0.717, 1.165) is 11.1 Å². The molecule has 0 aliphatic carbocycles. The molecule has 0 radical (unpaired) electrons. The van der Waals surface area contributed by atoms with E-state index in [-0.39, 0.29) is 31.1 Å². The fourth-order valence-electron chi connectivity index (χ4n) is 4.30. The average molecular weight is 447 g/mol. The smallest absolute Gasteiger partial charge is 0.255 e. The quantitative estimate of drug-likeness (QED) is 0.644. The molecular weight excluding hydrogens is 424 g/mol. The highest BCUT2D eigenvalue weighted by Crippen LogP contribution is 2.34. The highest BCUT2D eigenvalue weighted by molar-refractivity contribution is 5.94. The number of nitrogens with zero attached hydrogens (tertiary/aromatic N) is 4. The lowest BCUT2D eigenvalue weighted by Gasteiger charge is -2.45. The van der Waals surface area contributed by atoms with Crippen LogP contribution < -0.4 is 5.73 Å². The zero-order chi connectivity index (χ0) is 23.4. The fourth-order valence-corrected chi connectivity index (χ4v) is 4.30. The van der Waals surface area contributed by atoms with Crippen molar-refractivity contribution in [3.05, 3.63) is 95.3 Å². The zero-order valence-corrected chi connectivity index (χ0v) is 17.8. The number of nitrogens with two attached hydrogens (primary N) is 1. The summed E-state index contributed by atoms with van der Waals surface area (Å²) < 4.78 is 28.7. The van der Waals surface area contributed by atoms with Gasteiger partial charge in [0.15, 0.2) is 0 Å². The Hall–Kier alpha value is -3.83. The maximum atomic E-state index is 14.3. The molecule has 1 unspecified atom stereocenters. The third-order valence-corrected chi connectivity index (χ3v) is 5.82. The van der Waals surface area contributed by atoms with E-state index in [1.165, 1.54) is 23.4 Å². The lowest BCUT2D eigenvalue weighted by molar-refractivity contribution is -0.0319. The number of halogens is 2. The molecule has 1 aliphatic rings. The molecule has 2 aromatic carbocycles. The van der Waals surface area contributed by atoms with Crippen LogP contribution in [-0.4, -0.2) is 52.8 Å². The maximum absolute atomic E-state index is 14.3. The second kappa shape index (κ2) is 9.76. The Morgan fingerprint density at radius 2 is 1.82 bits per heavy atom. The average Bonchev–Trinajstić information content (AvgIpc) is 2.84. The largest absolute Gasteiger partial charge is 0.397 e. The Labute approximate surface area is 190 Å². The molecule has 3 aromatic rings. The van der Waals surface area contributed by atoms with E-state index >= 15 is 0 Å². The molecule has 0 saturated carbocycles. The van der Waals surface area contributed by atoms with Gasteiger partial charge in [-0.2, -0.15) is 5.26 Å². The first kappa shape index (κ1) is 22.4. The monoisotopic (exact) mass is 447 g/mol. The number of amides is 1. The van der Waals surface area contributed by atoms with Crippen LogP contribution in [0.1, 0.15) is 33.1 Å². The molecule has 4 rings (SSSR count). The van der Waals surface area contributed by atoms with Crippen molar-refractivity contribution in [2.75, 3.05) is 25.4 Å². The second-order valence-corrected chi connectivity index (χ2v) is 7.95. The summed E-state index contributed by atoms with van der Waals surface area (Å²) in [4.78, 5) is 20.0. The van der Waals surface area contributed by atoms with Gasteiger partial charge in [0, 0.05) is 32.0 Å². The molecule has 2 N–H and O–H groups in total. The van der Waals surface area contributed by atoms with Gasteiger partial charge in [0.1, 0.15) is 0 Å². The van der Waals surface area contributed by atoms with Crippen molar-refractivity contribution in [3.63, 3.8) is 0 Å². The van der Waals surface area contributed by atoms with Crippen LogP contribution in [0.25, 0.3) is 0 Å². The minimum atomic E-state index is -2.68. The maximum Gasteiger partial charge on any atom is 0.255 e. The molecule has 6 nitrogen and oxygen atoms in total. The van der Waals surface area contributed by atoms with Gasteiger partial charge in [-0.15, -0.1) is 0 Å². The number of alkyl halides is 2. The predicted octanol–water partition coefficient (Wildman–Crippen LogP) is 3.72. The van der Waals surface area contributed by atoms with Crippen LogP contribution in [0.4, 0.5) is 14.5 Å². The number of hydrogen-bond donors (Lipinski definition) is 1. The molecular formula is C25H23F2N5O. The van der Waals surface area contributed by atoms with Crippen molar-refractivity contribution in [1.29, 1.82) is 5.26 Å². The van der Waals surface area contributed by atoms with Crippen molar-refractivity contribution in [1.82, 2.24) is 14.8 Å². The standard InChI is InChI=1S/C25H23F2N5O/c26-24(27)22-16-31(25(33)20-12-21(29)15-30-14-20)9-10-32(22)23(18-6-2-1-3-7-18)19-8-4-5-17(11-19)13-28/h1-8,11-12,14-15,22-24H,9-10,16,29H2/t22-,23?/m0/s1. The number of benzene rings is 2. The van der Waals surface area contributed by atoms with Crippen LogP contribution in [0.3, 0.4) is 0 Å². The van der Waals surface area contributed by atoms with Crippen molar-refractivity contribution in [3.8, 4) is 6.07 Å². The summed E-state index contributed by atoms with van der Waals surface area (Å²) in [6.07, 6.45) is 0.143.